The first-order chi connectivity index (χ1) is 17.9. The van der Waals surface area contributed by atoms with Gasteiger partial charge in [0.2, 0.25) is 0 Å². The molecular weight excluding hydrogens is 456 g/mol. The third-order valence-corrected chi connectivity index (χ3v) is 7.96. The van der Waals surface area contributed by atoms with E-state index >= 15 is 0 Å². The van der Waals surface area contributed by atoms with Crippen LogP contribution in [0.25, 0.3) is 0 Å². The smallest absolute Gasteiger partial charge is 0.308 e. The summed E-state index contributed by atoms with van der Waals surface area (Å²) in [5.41, 5.74) is 4.68. The Kier molecular flexibility index (Phi) is 11.0. The minimum absolute atomic E-state index is 0.168. The molecule has 4 unspecified atom stereocenters. The summed E-state index contributed by atoms with van der Waals surface area (Å²) in [7, 11) is 1.48. The molecule has 0 amide bonds. The Morgan fingerprint density at radius 2 is 1.46 bits per heavy atom. The van der Waals surface area contributed by atoms with Crippen LogP contribution in [0.5, 0.6) is 0 Å². The maximum absolute atomic E-state index is 12.8. The summed E-state index contributed by atoms with van der Waals surface area (Å²) >= 11 is 0. The maximum Gasteiger partial charge on any atom is 0.308 e. The van der Waals surface area contributed by atoms with Gasteiger partial charge in [-0.05, 0) is 66.2 Å². The Morgan fingerprint density at radius 3 is 2.03 bits per heavy atom. The fourth-order valence-electron chi connectivity index (χ4n) is 5.69. The highest BCUT2D eigenvalue weighted by Crippen LogP contribution is 2.47. The molecule has 4 atom stereocenters. The fraction of sp³-hybridized carbons (Fsp3) is 0.441. The summed E-state index contributed by atoms with van der Waals surface area (Å²) in [5.74, 6) is 0.519. The number of aliphatic hydroxyl groups is 1. The number of aliphatic hydroxyl groups excluding tert-OH is 1. The van der Waals surface area contributed by atoms with Crippen molar-refractivity contribution in [2.75, 3.05) is 13.7 Å². The Balaban J connectivity index is 2.18. The summed E-state index contributed by atoms with van der Waals surface area (Å²) in [6, 6.07) is 30.4. The molecule has 0 fully saturated rings. The van der Waals surface area contributed by atoms with Crippen LogP contribution in [-0.4, -0.2) is 24.8 Å². The summed E-state index contributed by atoms with van der Waals surface area (Å²) < 4.78 is 5.20. The van der Waals surface area contributed by atoms with Crippen molar-refractivity contribution in [2.45, 2.75) is 70.6 Å². The molecule has 0 saturated heterocycles. The number of esters is 1. The van der Waals surface area contributed by atoms with Gasteiger partial charge in [0.1, 0.15) is 0 Å². The number of methoxy groups -OCH3 is 1. The van der Waals surface area contributed by atoms with Crippen molar-refractivity contribution in [3.05, 3.63) is 107 Å². The first-order valence-electron chi connectivity index (χ1n) is 13.8. The minimum atomic E-state index is -0.363. The second-order valence-electron chi connectivity index (χ2n) is 10.7. The van der Waals surface area contributed by atoms with Gasteiger partial charge in [0.05, 0.1) is 13.0 Å². The van der Waals surface area contributed by atoms with Crippen LogP contribution in [0.2, 0.25) is 0 Å². The molecule has 1 N–H and O–H groups in total. The molecule has 3 nitrogen and oxygen atoms in total. The molecule has 0 aliphatic rings. The van der Waals surface area contributed by atoms with Gasteiger partial charge in [-0.25, -0.2) is 0 Å². The van der Waals surface area contributed by atoms with E-state index in [0.29, 0.717) is 18.3 Å². The SMILES string of the molecule is CCC(C)CC(CC(CC(C)C(=O)OC)(c1ccccc1)c1ccc(CCCO)cc1)c1ccccc1. The van der Waals surface area contributed by atoms with Crippen molar-refractivity contribution < 1.29 is 14.6 Å². The number of rotatable bonds is 14. The summed E-state index contributed by atoms with van der Waals surface area (Å²) in [5, 5.41) is 9.29. The van der Waals surface area contributed by atoms with E-state index in [4.69, 9.17) is 4.74 Å². The molecule has 3 aromatic carbocycles. The van der Waals surface area contributed by atoms with E-state index in [1.54, 1.807) is 0 Å². The molecule has 198 valence electrons. The van der Waals surface area contributed by atoms with E-state index in [0.717, 1.165) is 32.1 Å². The maximum atomic E-state index is 12.8. The molecule has 0 aliphatic carbocycles. The zero-order valence-electron chi connectivity index (χ0n) is 23.0. The van der Waals surface area contributed by atoms with E-state index in [1.807, 2.05) is 6.92 Å². The average molecular weight is 501 g/mol. The third kappa shape index (κ3) is 7.55. The van der Waals surface area contributed by atoms with E-state index < -0.39 is 0 Å². The molecular formula is C34H44O3. The highest BCUT2D eigenvalue weighted by Gasteiger charge is 2.40. The topological polar surface area (TPSA) is 46.5 Å². The van der Waals surface area contributed by atoms with Crippen LogP contribution in [-0.2, 0) is 21.4 Å². The van der Waals surface area contributed by atoms with Crippen LogP contribution in [0.15, 0.2) is 84.9 Å². The largest absolute Gasteiger partial charge is 0.469 e. The summed E-state index contributed by atoms with van der Waals surface area (Å²) in [6.45, 7) is 6.79. The molecule has 0 radical (unpaired) electrons. The zero-order chi connectivity index (χ0) is 26.7. The van der Waals surface area contributed by atoms with Gasteiger partial charge in [-0.3, -0.25) is 4.79 Å². The van der Waals surface area contributed by atoms with Crippen LogP contribution in [0.4, 0.5) is 0 Å². The van der Waals surface area contributed by atoms with Crippen molar-refractivity contribution in [1.29, 1.82) is 0 Å². The van der Waals surface area contributed by atoms with Gasteiger partial charge in [0.25, 0.3) is 0 Å². The van der Waals surface area contributed by atoms with Crippen LogP contribution >= 0.6 is 0 Å². The third-order valence-electron chi connectivity index (χ3n) is 7.96. The summed E-state index contributed by atoms with van der Waals surface area (Å²) in [4.78, 5) is 12.8. The lowest BCUT2D eigenvalue weighted by Gasteiger charge is -2.40. The lowest BCUT2D eigenvalue weighted by Crippen LogP contribution is -2.35. The number of benzene rings is 3. The van der Waals surface area contributed by atoms with E-state index in [1.165, 1.54) is 29.4 Å². The molecule has 0 spiro atoms. The minimum Gasteiger partial charge on any atom is -0.469 e. The second kappa shape index (κ2) is 14.1. The molecule has 3 rings (SSSR count). The first kappa shape index (κ1) is 28.7. The molecule has 0 heterocycles. The molecule has 0 saturated carbocycles. The zero-order valence-corrected chi connectivity index (χ0v) is 23.0. The molecule has 3 heteroatoms. The fourth-order valence-corrected chi connectivity index (χ4v) is 5.69. The highest BCUT2D eigenvalue weighted by atomic mass is 16.5. The molecule has 0 aliphatic heterocycles. The highest BCUT2D eigenvalue weighted by molar-refractivity contribution is 5.72. The average Bonchev–Trinajstić information content (AvgIpc) is 2.95. The van der Waals surface area contributed by atoms with Gasteiger partial charge in [-0.1, -0.05) is 112 Å². The Labute approximate surface area is 223 Å². The van der Waals surface area contributed by atoms with Gasteiger partial charge in [0, 0.05) is 12.0 Å². The van der Waals surface area contributed by atoms with Crippen LogP contribution in [0.3, 0.4) is 0 Å². The summed E-state index contributed by atoms with van der Waals surface area (Å²) in [6.07, 6.45) is 5.42. The lowest BCUT2D eigenvalue weighted by atomic mass is 9.63. The Hall–Kier alpha value is -2.91. The van der Waals surface area contributed by atoms with Crippen molar-refractivity contribution in [2.24, 2.45) is 11.8 Å². The predicted octanol–water partition coefficient (Wildman–Crippen LogP) is 7.71. The van der Waals surface area contributed by atoms with E-state index in [9.17, 15) is 9.90 Å². The quantitative estimate of drug-likeness (QED) is 0.231. The van der Waals surface area contributed by atoms with Crippen molar-refractivity contribution >= 4 is 5.97 Å². The van der Waals surface area contributed by atoms with E-state index in [-0.39, 0.29) is 23.9 Å². The van der Waals surface area contributed by atoms with Crippen molar-refractivity contribution in [1.82, 2.24) is 0 Å². The van der Waals surface area contributed by atoms with E-state index in [2.05, 4.69) is 98.8 Å². The Morgan fingerprint density at radius 1 is 0.865 bits per heavy atom. The molecule has 3 aromatic rings. The van der Waals surface area contributed by atoms with Crippen molar-refractivity contribution in [3.63, 3.8) is 0 Å². The van der Waals surface area contributed by atoms with Crippen LogP contribution < -0.4 is 0 Å². The number of ether oxygens (including phenoxy) is 1. The first-order valence-corrected chi connectivity index (χ1v) is 13.8. The van der Waals surface area contributed by atoms with Gasteiger partial charge in [0.15, 0.2) is 0 Å². The Bertz CT molecular complexity index is 1060. The van der Waals surface area contributed by atoms with Gasteiger partial charge >= 0.3 is 5.97 Å². The number of carbonyl (C=O) groups excluding carboxylic acids is 1. The molecule has 0 aromatic heterocycles. The number of aryl methyl sites for hydroxylation is 1. The number of hydrogen-bond acceptors (Lipinski definition) is 3. The van der Waals surface area contributed by atoms with Crippen LogP contribution in [0.1, 0.15) is 81.0 Å². The number of carbonyl (C=O) groups is 1. The number of hydrogen-bond donors (Lipinski definition) is 1. The monoisotopic (exact) mass is 500 g/mol. The van der Waals surface area contributed by atoms with Crippen LogP contribution in [0, 0.1) is 11.8 Å². The lowest BCUT2D eigenvalue weighted by molar-refractivity contribution is -0.145. The standard InChI is InChI=1S/C34H44O3/c1-5-26(2)23-30(29-14-8-6-9-15-29)25-34(24-27(3)33(36)37-4,31-16-10-7-11-17-31)32-20-18-28(19-21-32)13-12-22-35/h6-11,14-21,26-27,30,35H,5,12-13,22-25H2,1-4H3. The van der Waals surface area contributed by atoms with Gasteiger partial charge < -0.3 is 9.84 Å². The van der Waals surface area contributed by atoms with Gasteiger partial charge in [-0.2, -0.15) is 0 Å². The second-order valence-corrected chi connectivity index (χ2v) is 10.7. The van der Waals surface area contributed by atoms with Gasteiger partial charge in [-0.15, -0.1) is 0 Å². The van der Waals surface area contributed by atoms with Crippen molar-refractivity contribution in [3.8, 4) is 0 Å². The predicted molar refractivity (Wildman–Crippen MR) is 153 cm³/mol. The normalized spacial score (nSPS) is 15.4. The molecule has 0 bridgehead atoms. The molecule has 37 heavy (non-hydrogen) atoms.